The van der Waals surface area contributed by atoms with Crippen molar-refractivity contribution >= 4 is 7.82 Å². The molecule has 0 saturated heterocycles. The van der Waals surface area contributed by atoms with Crippen LogP contribution in [-0.4, -0.2) is 17.1 Å². The molecule has 1 N–H and O–H groups in total. The number of hydrogen-bond acceptors (Lipinski definition) is 3. The smallest absolute Gasteiger partial charge is 0.302 e. The molecule has 1 rings (SSSR count). The summed E-state index contributed by atoms with van der Waals surface area (Å²) in [6.45, 7) is 11.6. The molecule has 0 fully saturated rings. The van der Waals surface area contributed by atoms with Crippen LogP contribution >= 0.6 is 7.82 Å². The van der Waals surface area contributed by atoms with Gasteiger partial charge in [0.25, 0.3) is 0 Å². The minimum absolute atomic E-state index is 0.0349. The summed E-state index contributed by atoms with van der Waals surface area (Å²) in [5.74, 6) is 12.3. The van der Waals surface area contributed by atoms with Crippen molar-refractivity contribution in [3.05, 3.63) is 35.4 Å². The standard InChI is InChI=1S/C21H29O4P/c1-20(2,3)16-9-11-19-14-12-18(13-15-19)10-7-8-17-24-26(22,23)25-21(4,5)6/h12-15H,8,16-17H2,1-6H3,(H,22,23). The van der Waals surface area contributed by atoms with Gasteiger partial charge in [0.2, 0.25) is 0 Å². The van der Waals surface area contributed by atoms with Gasteiger partial charge in [-0.3, -0.25) is 9.05 Å². The lowest BCUT2D eigenvalue weighted by atomic mass is 9.93. The third-order valence-corrected chi connectivity index (χ3v) is 4.13. The third kappa shape index (κ3) is 11.1. The summed E-state index contributed by atoms with van der Waals surface area (Å²) < 4.78 is 21.6. The molecule has 1 aromatic rings. The highest BCUT2D eigenvalue weighted by Gasteiger charge is 2.28. The Morgan fingerprint density at radius 2 is 1.46 bits per heavy atom. The van der Waals surface area contributed by atoms with Gasteiger partial charge in [0.1, 0.15) is 0 Å². The second kappa shape index (κ2) is 9.40. The molecule has 1 atom stereocenters. The SMILES string of the molecule is CC(C)(C)CC#Cc1ccc(C#CCCOP(=O)(O)OC(C)(C)C)cc1. The Kier molecular flexibility index (Phi) is 8.14. The minimum Gasteiger partial charge on any atom is -0.302 e. The van der Waals surface area contributed by atoms with E-state index in [2.05, 4.69) is 44.5 Å². The number of phosphoric acid groups is 1. The van der Waals surface area contributed by atoms with Crippen molar-refractivity contribution in [2.24, 2.45) is 5.41 Å². The molecule has 1 aromatic carbocycles. The van der Waals surface area contributed by atoms with Crippen molar-refractivity contribution in [3.63, 3.8) is 0 Å². The minimum atomic E-state index is -4.04. The van der Waals surface area contributed by atoms with Crippen molar-refractivity contribution in [3.8, 4) is 23.7 Å². The van der Waals surface area contributed by atoms with E-state index in [4.69, 9.17) is 9.05 Å². The zero-order valence-electron chi connectivity index (χ0n) is 16.5. The fourth-order valence-electron chi connectivity index (χ4n) is 1.80. The summed E-state index contributed by atoms with van der Waals surface area (Å²) in [4.78, 5) is 9.57. The van der Waals surface area contributed by atoms with E-state index in [9.17, 15) is 9.46 Å². The topological polar surface area (TPSA) is 55.8 Å². The van der Waals surface area contributed by atoms with Gasteiger partial charge in [0, 0.05) is 24.0 Å². The summed E-state index contributed by atoms with van der Waals surface area (Å²) in [6.07, 6.45) is 1.19. The summed E-state index contributed by atoms with van der Waals surface area (Å²) >= 11 is 0. The first-order valence-corrected chi connectivity index (χ1v) is 10.1. The maximum absolute atomic E-state index is 11.7. The molecular formula is C21H29O4P. The molecule has 0 radical (unpaired) electrons. The van der Waals surface area contributed by atoms with Gasteiger partial charge in [0.05, 0.1) is 12.2 Å². The molecule has 4 nitrogen and oxygen atoms in total. The lowest BCUT2D eigenvalue weighted by Crippen LogP contribution is -2.18. The predicted octanol–water partition coefficient (Wildman–Crippen LogP) is 5.15. The molecule has 142 valence electrons. The highest BCUT2D eigenvalue weighted by molar-refractivity contribution is 7.47. The fourth-order valence-corrected chi connectivity index (χ4v) is 2.86. The second-order valence-electron chi connectivity index (χ2n) is 8.17. The van der Waals surface area contributed by atoms with Crippen LogP contribution in [0.5, 0.6) is 0 Å². The number of benzene rings is 1. The van der Waals surface area contributed by atoms with Gasteiger partial charge >= 0.3 is 7.82 Å². The van der Waals surface area contributed by atoms with Crippen LogP contribution in [0.25, 0.3) is 0 Å². The average Bonchev–Trinajstić information content (AvgIpc) is 2.44. The molecule has 0 bridgehead atoms. The van der Waals surface area contributed by atoms with Crippen molar-refractivity contribution < 1.29 is 18.5 Å². The number of rotatable bonds is 4. The lowest BCUT2D eigenvalue weighted by Gasteiger charge is -2.22. The average molecular weight is 376 g/mol. The molecule has 1 unspecified atom stereocenters. The zero-order chi connectivity index (χ0) is 19.8. The normalized spacial score (nSPS) is 13.8. The van der Waals surface area contributed by atoms with Crippen molar-refractivity contribution in [1.29, 1.82) is 0 Å². The maximum Gasteiger partial charge on any atom is 0.472 e. The summed E-state index contributed by atoms with van der Waals surface area (Å²) in [7, 11) is -4.04. The predicted molar refractivity (Wildman–Crippen MR) is 106 cm³/mol. The Bertz CT molecular complexity index is 744. The van der Waals surface area contributed by atoms with Crippen molar-refractivity contribution in [2.45, 2.75) is 60.0 Å². The molecule has 0 spiro atoms. The Balaban J connectivity index is 2.48. The van der Waals surface area contributed by atoms with Crippen LogP contribution in [0.1, 0.15) is 65.5 Å². The van der Waals surface area contributed by atoms with E-state index >= 15 is 0 Å². The molecule has 26 heavy (non-hydrogen) atoms. The van der Waals surface area contributed by atoms with E-state index < -0.39 is 13.4 Å². The summed E-state index contributed by atoms with van der Waals surface area (Å²) in [5, 5.41) is 0. The van der Waals surface area contributed by atoms with Crippen LogP contribution in [-0.2, 0) is 13.6 Å². The molecule has 0 aliphatic heterocycles. The van der Waals surface area contributed by atoms with Gasteiger partial charge < -0.3 is 4.89 Å². The van der Waals surface area contributed by atoms with Gasteiger partial charge in [-0.25, -0.2) is 4.57 Å². The van der Waals surface area contributed by atoms with Crippen LogP contribution in [0.3, 0.4) is 0 Å². The molecule has 5 heteroatoms. The molecule has 0 saturated carbocycles. The third-order valence-electron chi connectivity index (χ3n) is 2.84. The van der Waals surface area contributed by atoms with E-state index in [0.717, 1.165) is 17.5 Å². The van der Waals surface area contributed by atoms with Crippen LogP contribution in [0.15, 0.2) is 24.3 Å². The van der Waals surface area contributed by atoms with Crippen molar-refractivity contribution in [2.75, 3.05) is 6.61 Å². The molecule has 0 aromatic heterocycles. The van der Waals surface area contributed by atoms with Gasteiger partial charge in [-0.1, -0.05) is 44.5 Å². The Morgan fingerprint density at radius 1 is 0.962 bits per heavy atom. The van der Waals surface area contributed by atoms with E-state index in [1.54, 1.807) is 20.8 Å². The zero-order valence-corrected chi connectivity index (χ0v) is 17.4. The highest BCUT2D eigenvalue weighted by Crippen LogP contribution is 2.47. The van der Waals surface area contributed by atoms with Crippen LogP contribution in [0, 0.1) is 29.1 Å². The van der Waals surface area contributed by atoms with Crippen LogP contribution < -0.4 is 0 Å². The maximum atomic E-state index is 11.7. The van der Waals surface area contributed by atoms with Gasteiger partial charge in [0.15, 0.2) is 0 Å². The first kappa shape index (κ1) is 22.5. The fraction of sp³-hybridized carbons (Fsp3) is 0.524. The highest BCUT2D eigenvalue weighted by atomic mass is 31.2. The molecule has 0 aliphatic rings. The number of phosphoric ester groups is 1. The first-order chi connectivity index (χ1) is 11.9. The molecular weight excluding hydrogens is 347 g/mol. The van der Waals surface area contributed by atoms with E-state index in [0.29, 0.717) is 6.42 Å². The molecule has 0 heterocycles. The van der Waals surface area contributed by atoms with E-state index in [1.165, 1.54) is 0 Å². The van der Waals surface area contributed by atoms with Gasteiger partial charge in [-0.2, -0.15) is 0 Å². The van der Waals surface area contributed by atoms with Gasteiger partial charge in [-0.05, 0) is 50.5 Å². The lowest BCUT2D eigenvalue weighted by molar-refractivity contribution is 0.0627. The van der Waals surface area contributed by atoms with Crippen LogP contribution in [0.2, 0.25) is 0 Å². The largest absolute Gasteiger partial charge is 0.472 e. The van der Waals surface area contributed by atoms with E-state index in [-0.39, 0.29) is 12.0 Å². The van der Waals surface area contributed by atoms with Gasteiger partial charge in [-0.15, -0.1) is 0 Å². The van der Waals surface area contributed by atoms with Crippen LogP contribution in [0.4, 0.5) is 0 Å². The summed E-state index contributed by atoms with van der Waals surface area (Å²) in [6, 6.07) is 7.70. The number of hydrogen-bond donors (Lipinski definition) is 1. The van der Waals surface area contributed by atoms with Crippen molar-refractivity contribution in [1.82, 2.24) is 0 Å². The Morgan fingerprint density at radius 3 is 1.92 bits per heavy atom. The monoisotopic (exact) mass is 376 g/mol. The Hall–Kier alpha value is -1.55. The molecule has 0 aliphatic carbocycles. The quantitative estimate of drug-likeness (QED) is 0.449. The molecule has 0 amide bonds. The summed E-state index contributed by atoms with van der Waals surface area (Å²) in [5.41, 5.74) is 1.29. The first-order valence-electron chi connectivity index (χ1n) is 8.62. The Labute approximate surface area is 157 Å². The van der Waals surface area contributed by atoms with E-state index in [1.807, 2.05) is 24.3 Å². The second-order valence-corrected chi connectivity index (χ2v) is 9.55.